The molecule has 1 aromatic heterocycles. The molecule has 114 valence electrons. The molecule has 1 aromatic carbocycles. The fourth-order valence-corrected chi connectivity index (χ4v) is 4.47. The van der Waals surface area contributed by atoms with Gasteiger partial charge in [-0.05, 0) is 37.1 Å². The number of carbonyl (C=O) groups excluding carboxylic acids is 1. The highest BCUT2D eigenvalue weighted by Crippen LogP contribution is 2.33. The minimum Gasteiger partial charge on any atom is -0.398 e. The van der Waals surface area contributed by atoms with Crippen LogP contribution in [0.4, 0.5) is 5.69 Å². The third-order valence-electron chi connectivity index (χ3n) is 4.71. The fourth-order valence-electron chi connectivity index (χ4n) is 3.51. The Kier molecular flexibility index (Phi) is 3.39. The quantitative estimate of drug-likeness (QED) is 0.856. The highest BCUT2D eigenvalue weighted by atomic mass is 32.1. The van der Waals surface area contributed by atoms with Crippen LogP contribution in [-0.4, -0.2) is 36.5 Å². The lowest BCUT2D eigenvalue weighted by Gasteiger charge is -2.22. The Hall–Kier alpha value is -1.85. The van der Waals surface area contributed by atoms with Crippen LogP contribution in [0.15, 0.2) is 36.4 Å². The standard InChI is InChI=1S/C17H19N3OS/c18-13-4-2-1-3-12(13)15-5-6-16(22-15)17(21)19-14-10-20-8-7-11(14)9-20/h1-6,11,14H,7-10,18H2,(H,19,21). The summed E-state index contributed by atoms with van der Waals surface area (Å²) >= 11 is 1.51. The zero-order chi connectivity index (χ0) is 15.1. The van der Waals surface area contributed by atoms with Crippen LogP contribution in [0.2, 0.25) is 0 Å². The first-order valence-corrected chi connectivity index (χ1v) is 8.50. The van der Waals surface area contributed by atoms with E-state index in [2.05, 4.69) is 10.2 Å². The number of carbonyl (C=O) groups is 1. The zero-order valence-corrected chi connectivity index (χ0v) is 13.1. The minimum absolute atomic E-state index is 0.0458. The van der Waals surface area contributed by atoms with Gasteiger partial charge in [0.15, 0.2) is 0 Å². The van der Waals surface area contributed by atoms with Crippen molar-refractivity contribution in [1.82, 2.24) is 10.2 Å². The van der Waals surface area contributed by atoms with Gasteiger partial charge >= 0.3 is 0 Å². The first-order valence-electron chi connectivity index (χ1n) is 7.68. The molecule has 22 heavy (non-hydrogen) atoms. The molecule has 2 aliphatic rings. The van der Waals surface area contributed by atoms with Crippen LogP contribution in [0.25, 0.3) is 10.4 Å². The van der Waals surface area contributed by atoms with Gasteiger partial charge in [-0.25, -0.2) is 0 Å². The van der Waals surface area contributed by atoms with Gasteiger partial charge in [0.25, 0.3) is 5.91 Å². The molecule has 3 atom stereocenters. The Morgan fingerprint density at radius 3 is 2.82 bits per heavy atom. The summed E-state index contributed by atoms with van der Waals surface area (Å²) in [5.41, 5.74) is 7.76. The second-order valence-corrected chi connectivity index (χ2v) is 7.22. The number of nitrogen functional groups attached to an aromatic ring is 1. The van der Waals surface area contributed by atoms with Crippen molar-refractivity contribution in [3.05, 3.63) is 41.3 Å². The Morgan fingerprint density at radius 2 is 2.09 bits per heavy atom. The maximum atomic E-state index is 12.5. The molecular formula is C17H19N3OS. The number of nitrogens with zero attached hydrogens (tertiary/aromatic N) is 1. The summed E-state index contributed by atoms with van der Waals surface area (Å²) in [6, 6.07) is 12.0. The molecular weight excluding hydrogens is 294 g/mol. The highest BCUT2D eigenvalue weighted by molar-refractivity contribution is 7.17. The molecule has 2 aliphatic heterocycles. The van der Waals surface area contributed by atoms with E-state index in [1.807, 2.05) is 36.4 Å². The van der Waals surface area contributed by atoms with Gasteiger partial charge in [-0.3, -0.25) is 4.79 Å². The molecule has 0 spiro atoms. The minimum atomic E-state index is 0.0458. The van der Waals surface area contributed by atoms with Crippen molar-refractivity contribution in [2.45, 2.75) is 12.5 Å². The number of hydrogen-bond acceptors (Lipinski definition) is 4. The van der Waals surface area contributed by atoms with Gasteiger partial charge in [0.1, 0.15) is 0 Å². The van der Waals surface area contributed by atoms with Crippen molar-refractivity contribution < 1.29 is 4.79 Å². The molecule has 2 fully saturated rings. The molecule has 0 saturated carbocycles. The van der Waals surface area contributed by atoms with Crippen LogP contribution in [-0.2, 0) is 0 Å². The van der Waals surface area contributed by atoms with E-state index in [0.717, 1.165) is 34.1 Å². The van der Waals surface area contributed by atoms with Gasteiger partial charge in [-0.2, -0.15) is 0 Å². The first kappa shape index (κ1) is 13.8. The summed E-state index contributed by atoms with van der Waals surface area (Å²) in [5.74, 6) is 0.678. The predicted octanol–water partition coefficient (Wildman–Crippen LogP) is 2.43. The van der Waals surface area contributed by atoms with E-state index in [0.29, 0.717) is 12.0 Å². The van der Waals surface area contributed by atoms with Gasteiger partial charge in [-0.15, -0.1) is 11.3 Å². The number of para-hydroxylation sites is 1. The number of nitrogens with two attached hydrogens (primary N) is 1. The monoisotopic (exact) mass is 313 g/mol. The van der Waals surface area contributed by atoms with Crippen molar-refractivity contribution in [3.63, 3.8) is 0 Å². The maximum absolute atomic E-state index is 12.5. The van der Waals surface area contributed by atoms with Crippen LogP contribution in [0.1, 0.15) is 16.1 Å². The van der Waals surface area contributed by atoms with Gasteiger partial charge < -0.3 is 16.0 Å². The average molecular weight is 313 g/mol. The van der Waals surface area contributed by atoms with Crippen molar-refractivity contribution in [1.29, 1.82) is 0 Å². The second-order valence-electron chi connectivity index (χ2n) is 6.14. The Morgan fingerprint density at radius 1 is 1.23 bits per heavy atom. The number of hydrogen-bond donors (Lipinski definition) is 2. The van der Waals surface area contributed by atoms with Crippen LogP contribution in [0, 0.1) is 5.92 Å². The average Bonchev–Trinajstić information content (AvgIpc) is 3.24. The normalized spacial score (nSPS) is 26.3. The molecule has 2 saturated heterocycles. The van der Waals surface area contributed by atoms with Crippen molar-refractivity contribution in [3.8, 4) is 10.4 Å². The van der Waals surface area contributed by atoms with Crippen LogP contribution < -0.4 is 11.1 Å². The zero-order valence-electron chi connectivity index (χ0n) is 12.3. The number of nitrogens with one attached hydrogen (secondary N) is 1. The summed E-state index contributed by atoms with van der Waals surface area (Å²) in [4.78, 5) is 16.7. The van der Waals surface area contributed by atoms with Crippen LogP contribution >= 0.6 is 11.3 Å². The first-order chi connectivity index (χ1) is 10.7. The van der Waals surface area contributed by atoms with E-state index < -0.39 is 0 Å². The summed E-state index contributed by atoms with van der Waals surface area (Å²) in [5, 5.41) is 3.20. The van der Waals surface area contributed by atoms with Gasteiger partial charge in [0, 0.05) is 35.3 Å². The third-order valence-corrected chi connectivity index (χ3v) is 5.82. The topological polar surface area (TPSA) is 58.4 Å². The third kappa shape index (κ3) is 2.40. The molecule has 4 rings (SSSR count). The Bertz CT molecular complexity index is 711. The SMILES string of the molecule is Nc1ccccc1-c1ccc(C(=O)NC2CN3CCC2C3)s1. The second kappa shape index (κ2) is 5.41. The molecule has 2 aromatic rings. The number of thiophene rings is 1. The number of benzene rings is 1. The van der Waals surface area contributed by atoms with E-state index in [4.69, 9.17) is 5.73 Å². The maximum Gasteiger partial charge on any atom is 0.261 e. The highest BCUT2D eigenvalue weighted by Gasteiger charge is 2.38. The van der Waals surface area contributed by atoms with E-state index in [-0.39, 0.29) is 5.91 Å². The molecule has 0 aliphatic carbocycles. The lowest BCUT2D eigenvalue weighted by molar-refractivity contribution is 0.0928. The molecule has 3 N–H and O–H groups in total. The number of piperidine rings is 1. The molecule has 4 nitrogen and oxygen atoms in total. The molecule has 2 bridgehead atoms. The fraction of sp³-hybridized carbons (Fsp3) is 0.353. The number of rotatable bonds is 3. The van der Waals surface area contributed by atoms with Gasteiger partial charge in [-0.1, -0.05) is 18.2 Å². The molecule has 5 heteroatoms. The summed E-state index contributed by atoms with van der Waals surface area (Å²) in [6.45, 7) is 3.33. The predicted molar refractivity (Wildman–Crippen MR) is 90.0 cm³/mol. The van der Waals surface area contributed by atoms with Crippen molar-refractivity contribution in [2.24, 2.45) is 5.92 Å². The molecule has 0 radical (unpaired) electrons. The number of anilines is 1. The van der Waals surface area contributed by atoms with E-state index in [9.17, 15) is 4.79 Å². The largest absolute Gasteiger partial charge is 0.398 e. The molecule has 1 amide bonds. The Balaban J connectivity index is 1.49. The van der Waals surface area contributed by atoms with E-state index in [1.54, 1.807) is 0 Å². The smallest absolute Gasteiger partial charge is 0.261 e. The number of amides is 1. The van der Waals surface area contributed by atoms with Gasteiger partial charge in [0.05, 0.1) is 4.88 Å². The molecule has 3 unspecified atom stereocenters. The lowest BCUT2D eigenvalue weighted by Crippen LogP contribution is -2.42. The van der Waals surface area contributed by atoms with Crippen LogP contribution in [0.3, 0.4) is 0 Å². The molecule has 3 heterocycles. The van der Waals surface area contributed by atoms with Gasteiger partial charge in [0.2, 0.25) is 0 Å². The van der Waals surface area contributed by atoms with Crippen molar-refractivity contribution >= 4 is 22.9 Å². The summed E-state index contributed by atoms with van der Waals surface area (Å²) in [7, 11) is 0. The number of fused-ring (bicyclic) bond motifs is 2. The van der Waals surface area contributed by atoms with E-state index >= 15 is 0 Å². The lowest BCUT2D eigenvalue weighted by atomic mass is 10.00. The van der Waals surface area contributed by atoms with E-state index in [1.165, 1.54) is 24.3 Å². The summed E-state index contributed by atoms with van der Waals surface area (Å²) in [6.07, 6.45) is 1.21. The van der Waals surface area contributed by atoms with Crippen molar-refractivity contribution in [2.75, 3.05) is 25.4 Å². The Labute approximate surface area is 133 Å². The van der Waals surface area contributed by atoms with Crippen LogP contribution in [0.5, 0.6) is 0 Å². The summed E-state index contributed by atoms with van der Waals surface area (Å²) < 4.78 is 0.